The van der Waals surface area contributed by atoms with Crippen LogP contribution in [0.25, 0.3) is 16.6 Å². The quantitative estimate of drug-likeness (QED) is 0.635. The number of nitrogens with zero attached hydrogens (tertiary/aromatic N) is 2. The van der Waals surface area contributed by atoms with Crippen molar-refractivity contribution in [3.8, 4) is 11.4 Å². The summed E-state index contributed by atoms with van der Waals surface area (Å²) in [5, 5.41) is 8.08. The largest absolute Gasteiger partial charge is 0.573 e. The van der Waals surface area contributed by atoms with Crippen molar-refractivity contribution in [1.82, 2.24) is 15.1 Å². The number of carbonyl (C=O) groups excluding carboxylic acids is 1. The van der Waals surface area contributed by atoms with E-state index in [1.165, 1.54) is 24.3 Å². The molecule has 0 atom stereocenters. The first kappa shape index (κ1) is 19.0. The molecule has 5 nitrogen and oxygen atoms in total. The lowest BCUT2D eigenvalue weighted by molar-refractivity contribution is -0.274. The fourth-order valence-corrected chi connectivity index (χ4v) is 2.78. The highest BCUT2D eigenvalue weighted by molar-refractivity contribution is 6.18. The van der Waals surface area contributed by atoms with Gasteiger partial charge in [-0.15, -0.1) is 24.8 Å². The topological polar surface area (TPSA) is 56.2 Å². The van der Waals surface area contributed by atoms with E-state index < -0.39 is 6.36 Å². The van der Waals surface area contributed by atoms with E-state index in [1.807, 2.05) is 24.3 Å². The van der Waals surface area contributed by atoms with Crippen molar-refractivity contribution in [2.75, 3.05) is 5.88 Å². The molecule has 142 valence electrons. The standard InChI is InChI=1S/C18H15ClF3N3O2/c19-10-9-17(26)23-11-15-14-3-1-2-4-16(14)25(24-15)12-5-7-13(8-6-12)27-18(20,21)22/h1-8H,9-11H2,(H,23,26). The van der Waals surface area contributed by atoms with Gasteiger partial charge in [0.05, 0.1) is 23.4 Å². The number of aromatic nitrogens is 2. The van der Waals surface area contributed by atoms with Gasteiger partial charge in [-0.25, -0.2) is 4.68 Å². The molecule has 1 heterocycles. The lowest BCUT2D eigenvalue weighted by atomic mass is 10.2. The number of fused-ring (bicyclic) bond motifs is 1. The predicted molar refractivity (Wildman–Crippen MR) is 94.9 cm³/mol. The van der Waals surface area contributed by atoms with E-state index in [2.05, 4.69) is 15.2 Å². The Labute approximate surface area is 157 Å². The van der Waals surface area contributed by atoms with Gasteiger partial charge in [0.15, 0.2) is 0 Å². The predicted octanol–water partition coefficient (Wildman–Crippen LogP) is 4.17. The Hall–Kier alpha value is -2.74. The Morgan fingerprint density at radius 1 is 1.15 bits per heavy atom. The monoisotopic (exact) mass is 397 g/mol. The van der Waals surface area contributed by atoms with E-state index >= 15 is 0 Å². The molecule has 27 heavy (non-hydrogen) atoms. The Morgan fingerprint density at radius 3 is 2.52 bits per heavy atom. The minimum atomic E-state index is -4.74. The van der Waals surface area contributed by atoms with Crippen LogP contribution in [0.5, 0.6) is 5.75 Å². The van der Waals surface area contributed by atoms with Crippen LogP contribution >= 0.6 is 11.6 Å². The minimum absolute atomic E-state index is 0.183. The number of hydrogen-bond donors (Lipinski definition) is 1. The molecule has 0 saturated carbocycles. The lowest BCUT2D eigenvalue weighted by Crippen LogP contribution is -2.23. The molecule has 1 amide bonds. The second-order valence-corrected chi connectivity index (χ2v) is 6.01. The van der Waals surface area contributed by atoms with Gasteiger partial charge in [-0.3, -0.25) is 4.79 Å². The summed E-state index contributed by atoms with van der Waals surface area (Å²) in [5.41, 5.74) is 1.98. The van der Waals surface area contributed by atoms with Crippen molar-refractivity contribution < 1.29 is 22.7 Å². The maximum absolute atomic E-state index is 12.3. The maximum Gasteiger partial charge on any atom is 0.573 e. The van der Waals surface area contributed by atoms with Crippen LogP contribution in [0.2, 0.25) is 0 Å². The SMILES string of the molecule is O=C(CCCl)NCc1nn(-c2ccc(OC(F)(F)F)cc2)c2ccccc12. The summed E-state index contributed by atoms with van der Waals surface area (Å²) in [6, 6.07) is 12.8. The summed E-state index contributed by atoms with van der Waals surface area (Å²) in [7, 11) is 0. The Balaban J connectivity index is 1.89. The number of ether oxygens (including phenoxy) is 1. The first-order valence-corrected chi connectivity index (χ1v) is 8.56. The molecular formula is C18H15ClF3N3O2. The molecule has 1 N–H and O–H groups in total. The third-order valence-electron chi connectivity index (χ3n) is 3.75. The van der Waals surface area contributed by atoms with Gasteiger partial charge >= 0.3 is 6.36 Å². The average molecular weight is 398 g/mol. The molecule has 0 fully saturated rings. The van der Waals surface area contributed by atoms with Crippen molar-refractivity contribution in [3.05, 3.63) is 54.2 Å². The summed E-state index contributed by atoms with van der Waals surface area (Å²) in [6.07, 6.45) is -4.53. The molecule has 1 aromatic heterocycles. The van der Waals surface area contributed by atoms with Gasteiger partial charge in [0.25, 0.3) is 0 Å². The number of alkyl halides is 4. The van der Waals surface area contributed by atoms with Crippen LogP contribution in [-0.2, 0) is 11.3 Å². The van der Waals surface area contributed by atoms with Gasteiger partial charge in [0, 0.05) is 17.7 Å². The van der Waals surface area contributed by atoms with Crippen LogP contribution in [0.3, 0.4) is 0 Å². The zero-order chi connectivity index (χ0) is 19.4. The van der Waals surface area contributed by atoms with Gasteiger partial charge in [-0.2, -0.15) is 5.10 Å². The first-order valence-electron chi connectivity index (χ1n) is 8.03. The van der Waals surface area contributed by atoms with Crippen LogP contribution in [0.4, 0.5) is 13.2 Å². The van der Waals surface area contributed by atoms with Crippen molar-refractivity contribution in [2.45, 2.75) is 19.3 Å². The number of benzene rings is 2. The van der Waals surface area contributed by atoms with Gasteiger partial charge < -0.3 is 10.1 Å². The highest BCUT2D eigenvalue weighted by Gasteiger charge is 2.31. The zero-order valence-electron chi connectivity index (χ0n) is 14.0. The number of nitrogens with one attached hydrogen (secondary N) is 1. The summed E-state index contributed by atoms with van der Waals surface area (Å²) >= 11 is 5.55. The lowest BCUT2D eigenvalue weighted by Gasteiger charge is -2.09. The van der Waals surface area contributed by atoms with Gasteiger partial charge in [0.1, 0.15) is 5.75 Å². The Kier molecular flexibility index (Phi) is 5.55. The van der Waals surface area contributed by atoms with E-state index in [4.69, 9.17) is 11.6 Å². The van der Waals surface area contributed by atoms with Crippen LogP contribution in [0.1, 0.15) is 12.1 Å². The molecule has 0 radical (unpaired) electrons. The molecule has 0 saturated heterocycles. The Morgan fingerprint density at radius 2 is 1.85 bits per heavy atom. The van der Waals surface area contributed by atoms with Crippen LogP contribution in [0.15, 0.2) is 48.5 Å². The van der Waals surface area contributed by atoms with Gasteiger partial charge in [-0.05, 0) is 30.3 Å². The number of para-hydroxylation sites is 1. The number of carbonyl (C=O) groups is 1. The molecule has 3 rings (SSSR count). The Bertz CT molecular complexity index is 939. The fourth-order valence-electron chi connectivity index (χ4n) is 2.60. The number of halogens is 4. The fraction of sp³-hybridized carbons (Fsp3) is 0.222. The van der Waals surface area contributed by atoms with E-state index in [-0.39, 0.29) is 30.5 Å². The number of hydrogen-bond acceptors (Lipinski definition) is 3. The molecule has 2 aromatic carbocycles. The highest BCUT2D eigenvalue weighted by atomic mass is 35.5. The normalized spacial score (nSPS) is 11.6. The van der Waals surface area contributed by atoms with Crippen molar-refractivity contribution in [2.24, 2.45) is 0 Å². The molecule has 0 spiro atoms. The van der Waals surface area contributed by atoms with Crippen molar-refractivity contribution in [3.63, 3.8) is 0 Å². The van der Waals surface area contributed by atoms with Gasteiger partial charge in [-0.1, -0.05) is 18.2 Å². The third-order valence-corrected chi connectivity index (χ3v) is 3.94. The molecular weight excluding hydrogens is 383 g/mol. The van der Waals surface area contributed by atoms with Gasteiger partial charge in [0.2, 0.25) is 5.91 Å². The first-order chi connectivity index (χ1) is 12.9. The summed E-state index contributed by atoms with van der Waals surface area (Å²) < 4.78 is 42.4. The maximum atomic E-state index is 12.3. The zero-order valence-corrected chi connectivity index (χ0v) is 14.7. The molecule has 0 aliphatic carbocycles. The summed E-state index contributed by atoms with van der Waals surface area (Å²) in [6.45, 7) is 0.221. The summed E-state index contributed by atoms with van der Waals surface area (Å²) in [5.74, 6) is -0.263. The van der Waals surface area contributed by atoms with E-state index in [1.54, 1.807) is 4.68 Å². The molecule has 0 aliphatic heterocycles. The minimum Gasteiger partial charge on any atom is -0.406 e. The van der Waals surface area contributed by atoms with Crippen LogP contribution in [0, 0.1) is 0 Å². The van der Waals surface area contributed by atoms with E-state index in [9.17, 15) is 18.0 Å². The number of rotatable bonds is 6. The molecule has 9 heteroatoms. The molecule has 0 bridgehead atoms. The van der Waals surface area contributed by atoms with E-state index in [0.717, 1.165) is 10.9 Å². The average Bonchev–Trinajstić information content (AvgIpc) is 2.98. The molecule has 0 aliphatic rings. The summed E-state index contributed by atoms with van der Waals surface area (Å²) in [4.78, 5) is 11.6. The smallest absolute Gasteiger partial charge is 0.406 e. The highest BCUT2D eigenvalue weighted by Crippen LogP contribution is 2.26. The van der Waals surface area contributed by atoms with Crippen molar-refractivity contribution in [1.29, 1.82) is 0 Å². The van der Waals surface area contributed by atoms with Crippen LogP contribution in [-0.4, -0.2) is 27.9 Å². The second-order valence-electron chi connectivity index (χ2n) is 5.63. The van der Waals surface area contributed by atoms with E-state index in [0.29, 0.717) is 11.4 Å². The third kappa shape index (κ3) is 4.71. The molecule has 0 unspecified atom stereocenters. The number of amides is 1. The molecule has 3 aromatic rings. The van der Waals surface area contributed by atoms with Crippen molar-refractivity contribution >= 4 is 28.4 Å². The van der Waals surface area contributed by atoms with Crippen LogP contribution < -0.4 is 10.1 Å². The second kappa shape index (κ2) is 7.87.